The van der Waals surface area contributed by atoms with Gasteiger partial charge < -0.3 is 10.6 Å². The molecule has 1 aliphatic heterocycles. The van der Waals surface area contributed by atoms with Gasteiger partial charge >= 0.3 is 0 Å². The second kappa shape index (κ2) is 8.42. The quantitative estimate of drug-likeness (QED) is 0.902. The molecular weight excluding hydrogens is 316 g/mol. The van der Waals surface area contributed by atoms with E-state index in [9.17, 15) is 4.79 Å². The number of benzene rings is 2. The van der Waals surface area contributed by atoms with Crippen LogP contribution in [0.25, 0.3) is 10.8 Å². The van der Waals surface area contributed by atoms with Crippen molar-refractivity contribution in [1.82, 2.24) is 10.6 Å². The van der Waals surface area contributed by atoms with E-state index in [0.717, 1.165) is 18.1 Å². The average molecular weight is 337 g/mol. The van der Waals surface area contributed by atoms with Crippen molar-refractivity contribution >= 4 is 40.8 Å². The lowest BCUT2D eigenvalue weighted by molar-refractivity contribution is -0.121. The van der Waals surface area contributed by atoms with Crippen molar-refractivity contribution < 1.29 is 4.79 Å². The molecule has 1 unspecified atom stereocenters. The normalized spacial score (nSPS) is 17.7. The summed E-state index contributed by atoms with van der Waals surface area (Å²) in [6.45, 7) is 1.60. The molecule has 0 aliphatic carbocycles. The molecule has 0 radical (unpaired) electrons. The smallest absolute Gasteiger partial charge is 0.221 e. The van der Waals surface area contributed by atoms with Gasteiger partial charge in [-0.15, -0.1) is 12.4 Å². The molecule has 1 amide bonds. The zero-order valence-electron chi connectivity index (χ0n) is 12.4. The fraction of sp³-hybridized carbons (Fsp3) is 0.353. The number of hydrogen-bond acceptors (Lipinski definition) is 3. The highest BCUT2D eigenvalue weighted by Gasteiger charge is 2.16. The molecule has 0 aromatic heterocycles. The molecule has 118 valence electrons. The van der Waals surface area contributed by atoms with Crippen molar-refractivity contribution in [2.45, 2.75) is 19.0 Å². The highest BCUT2D eigenvalue weighted by atomic mass is 35.5. The molecule has 3 rings (SSSR count). The van der Waals surface area contributed by atoms with Crippen molar-refractivity contribution in [2.24, 2.45) is 0 Å². The Bertz CT molecular complexity index is 624. The van der Waals surface area contributed by atoms with Crippen LogP contribution in [0.1, 0.15) is 12.0 Å². The molecule has 1 heterocycles. The molecule has 3 nitrogen and oxygen atoms in total. The highest BCUT2D eigenvalue weighted by Crippen LogP contribution is 2.18. The van der Waals surface area contributed by atoms with Crippen molar-refractivity contribution in [3.8, 4) is 0 Å². The Kier molecular flexibility index (Phi) is 6.55. The molecule has 2 aromatic carbocycles. The number of rotatable bonds is 4. The SMILES string of the molecule is Cl.O=C(CC1CSCCN1)NCc1cccc2ccccc12. The monoisotopic (exact) mass is 336 g/mol. The number of amides is 1. The van der Waals surface area contributed by atoms with Gasteiger partial charge in [-0.1, -0.05) is 42.5 Å². The first-order chi connectivity index (χ1) is 10.3. The Morgan fingerprint density at radius 1 is 1.23 bits per heavy atom. The fourth-order valence-corrected chi connectivity index (χ4v) is 3.64. The van der Waals surface area contributed by atoms with Crippen molar-refractivity contribution in [1.29, 1.82) is 0 Å². The lowest BCUT2D eigenvalue weighted by Gasteiger charge is -2.22. The Balaban J connectivity index is 0.00000176. The van der Waals surface area contributed by atoms with Crippen LogP contribution in [0.15, 0.2) is 42.5 Å². The second-order valence-corrected chi connectivity index (χ2v) is 6.49. The van der Waals surface area contributed by atoms with Gasteiger partial charge in [0.1, 0.15) is 0 Å². The largest absolute Gasteiger partial charge is 0.352 e. The summed E-state index contributed by atoms with van der Waals surface area (Å²) in [5, 5.41) is 8.88. The molecule has 0 saturated carbocycles. The first-order valence-electron chi connectivity index (χ1n) is 7.37. The maximum atomic E-state index is 12.1. The van der Waals surface area contributed by atoms with Crippen LogP contribution in [0.4, 0.5) is 0 Å². The maximum Gasteiger partial charge on any atom is 0.221 e. The zero-order chi connectivity index (χ0) is 14.5. The maximum absolute atomic E-state index is 12.1. The Hall–Kier alpha value is -1.23. The van der Waals surface area contributed by atoms with E-state index < -0.39 is 0 Å². The lowest BCUT2D eigenvalue weighted by Crippen LogP contribution is -2.41. The molecule has 0 spiro atoms. The number of nitrogens with one attached hydrogen (secondary N) is 2. The average Bonchev–Trinajstić information content (AvgIpc) is 2.54. The molecular formula is C17H21ClN2OS. The van der Waals surface area contributed by atoms with Gasteiger partial charge in [-0.25, -0.2) is 0 Å². The molecule has 1 aliphatic rings. The third kappa shape index (κ3) is 4.38. The number of halogens is 1. The van der Waals surface area contributed by atoms with Gasteiger partial charge in [0, 0.05) is 37.1 Å². The summed E-state index contributed by atoms with van der Waals surface area (Å²) < 4.78 is 0. The van der Waals surface area contributed by atoms with Gasteiger partial charge in [0.15, 0.2) is 0 Å². The van der Waals surface area contributed by atoms with Gasteiger partial charge in [0.05, 0.1) is 0 Å². The van der Waals surface area contributed by atoms with E-state index in [1.165, 1.54) is 16.3 Å². The van der Waals surface area contributed by atoms with Gasteiger partial charge in [0.2, 0.25) is 5.91 Å². The minimum absolute atomic E-state index is 0. The minimum Gasteiger partial charge on any atom is -0.352 e. The molecule has 1 fully saturated rings. The van der Waals surface area contributed by atoms with E-state index in [2.05, 4.69) is 34.9 Å². The van der Waals surface area contributed by atoms with Gasteiger partial charge in [-0.3, -0.25) is 4.79 Å². The zero-order valence-corrected chi connectivity index (χ0v) is 14.0. The first-order valence-corrected chi connectivity index (χ1v) is 8.53. The lowest BCUT2D eigenvalue weighted by atomic mass is 10.0. The third-order valence-electron chi connectivity index (χ3n) is 3.79. The summed E-state index contributed by atoms with van der Waals surface area (Å²) in [6.07, 6.45) is 0.567. The van der Waals surface area contributed by atoms with Crippen molar-refractivity contribution in [3.05, 3.63) is 48.0 Å². The van der Waals surface area contributed by atoms with Gasteiger partial charge in [0.25, 0.3) is 0 Å². The van der Waals surface area contributed by atoms with Crippen LogP contribution in [-0.4, -0.2) is 30.0 Å². The molecule has 2 aromatic rings. The second-order valence-electron chi connectivity index (χ2n) is 5.35. The molecule has 1 atom stereocenters. The first kappa shape index (κ1) is 17.1. The van der Waals surface area contributed by atoms with Crippen molar-refractivity contribution in [2.75, 3.05) is 18.1 Å². The number of hydrogen-bond donors (Lipinski definition) is 2. The van der Waals surface area contributed by atoms with Crippen LogP contribution in [0.3, 0.4) is 0 Å². The molecule has 22 heavy (non-hydrogen) atoms. The topological polar surface area (TPSA) is 41.1 Å². The third-order valence-corrected chi connectivity index (χ3v) is 4.92. The van der Waals surface area contributed by atoms with E-state index in [0.29, 0.717) is 19.0 Å². The van der Waals surface area contributed by atoms with E-state index in [-0.39, 0.29) is 18.3 Å². The number of thioether (sulfide) groups is 1. The van der Waals surface area contributed by atoms with Gasteiger partial charge in [-0.05, 0) is 16.3 Å². The van der Waals surface area contributed by atoms with Crippen LogP contribution in [0.2, 0.25) is 0 Å². The summed E-state index contributed by atoms with van der Waals surface area (Å²) in [4.78, 5) is 12.1. The van der Waals surface area contributed by atoms with E-state index in [1.807, 2.05) is 30.0 Å². The summed E-state index contributed by atoms with van der Waals surface area (Å²) in [5.74, 6) is 2.30. The highest BCUT2D eigenvalue weighted by molar-refractivity contribution is 7.99. The minimum atomic E-state index is 0. The number of fused-ring (bicyclic) bond motifs is 1. The molecule has 5 heteroatoms. The Morgan fingerprint density at radius 2 is 2.05 bits per heavy atom. The summed E-state index contributed by atoms with van der Waals surface area (Å²) in [5.41, 5.74) is 1.17. The van der Waals surface area contributed by atoms with Crippen LogP contribution < -0.4 is 10.6 Å². The predicted molar refractivity (Wildman–Crippen MR) is 96.8 cm³/mol. The van der Waals surface area contributed by atoms with Crippen molar-refractivity contribution in [3.63, 3.8) is 0 Å². The summed E-state index contributed by atoms with van der Waals surface area (Å²) >= 11 is 1.92. The number of carbonyl (C=O) groups excluding carboxylic acids is 1. The van der Waals surface area contributed by atoms with Crippen LogP contribution in [-0.2, 0) is 11.3 Å². The van der Waals surface area contributed by atoms with Crippen LogP contribution >= 0.6 is 24.2 Å². The van der Waals surface area contributed by atoms with Crippen LogP contribution in [0.5, 0.6) is 0 Å². The molecule has 2 N–H and O–H groups in total. The Labute approximate surface area is 141 Å². The summed E-state index contributed by atoms with van der Waals surface area (Å²) in [6, 6.07) is 14.8. The van der Waals surface area contributed by atoms with E-state index in [4.69, 9.17) is 0 Å². The van der Waals surface area contributed by atoms with Gasteiger partial charge in [-0.2, -0.15) is 11.8 Å². The predicted octanol–water partition coefficient (Wildman–Crippen LogP) is 2.97. The fourth-order valence-electron chi connectivity index (χ4n) is 2.69. The molecule has 1 saturated heterocycles. The summed E-state index contributed by atoms with van der Waals surface area (Å²) in [7, 11) is 0. The van der Waals surface area contributed by atoms with Crippen LogP contribution in [0, 0.1) is 0 Å². The van der Waals surface area contributed by atoms with E-state index >= 15 is 0 Å². The standard InChI is InChI=1S/C17H20N2OS.ClH/c20-17(10-15-12-21-9-8-18-15)19-11-14-6-3-5-13-4-1-2-7-16(13)14;/h1-7,15,18H,8-12H2,(H,19,20);1H. The molecule has 0 bridgehead atoms. The Morgan fingerprint density at radius 3 is 2.86 bits per heavy atom. The number of carbonyl (C=O) groups is 1. The van der Waals surface area contributed by atoms with E-state index in [1.54, 1.807) is 0 Å².